The lowest BCUT2D eigenvalue weighted by Gasteiger charge is -2.04. The van der Waals surface area contributed by atoms with Crippen LogP contribution in [-0.4, -0.2) is 5.78 Å². The van der Waals surface area contributed by atoms with Crippen molar-refractivity contribution in [3.63, 3.8) is 0 Å². The zero-order valence-corrected chi connectivity index (χ0v) is 13.2. The molecule has 2 aromatic rings. The van der Waals surface area contributed by atoms with Crippen molar-refractivity contribution in [1.29, 1.82) is 0 Å². The number of nitrogens with one attached hydrogen (secondary N) is 1. The first-order valence-electron chi connectivity index (χ1n) is 6.05. The molecule has 0 aliphatic carbocycles. The normalized spacial score (nSPS) is 10.8. The van der Waals surface area contributed by atoms with Crippen molar-refractivity contribution in [2.24, 2.45) is 0 Å². The number of hydrogen-bond donors (Lipinski definition) is 1. The zero-order valence-electron chi connectivity index (χ0n) is 10.9. The summed E-state index contributed by atoms with van der Waals surface area (Å²) < 4.78 is 0.947. The molecule has 4 heteroatoms. The van der Waals surface area contributed by atoms with E-state index in [9.17, 15) is 4.79 Å². The second-order valence-corrected chi connectivity index (χ2v) is 5.65. The van der Waals surface area contributed by atoms with Gasteiger partial charge in [-0.05, 0) is 48.9 Å². The fourth-order valence-electron chi connectivity index (χ4n) is 1.65. The Bertz CT molecular complexity index is 650. The lowest BCUT2D eigenvalue weighted by Crippen LogP contribution is -1.96. The van der Waals surface area contributed by atoms with Crippen molar-refractivity contribution < 1.29 is 4.79 Å². The van der Waals surface area contributed by atoms with Crippen molar-refractivity contribution in [2.75, 3.05) is 5.32 Å². The second kappa shape index (κ2) is 6.73. The van der Waals surface area contributed by atoms with E-state index in [2.05, 4.69) is 21.2 Å². The van der Waals surface area contributed by atoms with Crippen LogP contribution < -0.4 is 5.32 Å². The number of halogens is 2. The number of anilines is 1. The van der Waals surface area contributed by atoms with E-state index in [-0.39, 0.29) is 5.78 Å². The Labute approximate surface area is 131 Å². The average Bonchev–Trinajstić information content (AvgIpc) is 2.42. The standard InChI is InChI=1S/C16H13BrClNO/c1-11-2-7-15(14(18)10-11)19-9-8-16(20)12-3-5-13(17)6-4-12/h2-10,19H,1H3. The van der Waals surface area contributed by atoms with Crippen LogP contribution >= 0.6 is 27.5 Å². The van der Waals surface area contributed by atoms with Crippen LogP contribution in [0.4, 0.5) is 5.69 Å². The van der Waals surface area contributed by atoms with Gasteiger partial charge in [-0.25, -0.2) is 0 Å². The summed E-state index contributed by atoms with van der Waals surface area (Å²) in [6.07, 6.45) is 3.08. The van der Waals surface area contributed by atoms with E-state index in [1.54, 1.807) is 18.3 Å². The van der Waals surface area contributed by atoms with Gasteiger partial charge in [0.1, 0.15) is 0 Å². The van der Waals surface area contributed by atoms with Gasteiger partial charge in [0.15, 0.2) is 5.78 Å². The van der Waals surface area contributed by atoms with Crippen LogP contribution in [0.15, 0.2) is 59.2 Å². The predicted molar refractivity (Wildman–Crippen MR) is 87.4 cm³/mol. The van der Waals surface area contributed by atoms with Crippen molar-refractivity contribution in [3.05, 3.63) is 75.4 Å². The Balaban J connectivity index is 2.02. The summed E-state index contributed by atoms with van der Waals surface area (Å²) in [7, 11) is 0. The first-order chi connectivity index (χ1) is 9.56. The Hall–Kier alpha value is -1.58. The molecule has 0 amide bonds. The van der Waals surface area contributed by atoms with Crippen LogP contribution in [0.5, 0.6) is 0 Å². The summed E-state index contributed by atoms with van der Waals surface area (Å²) in [5.41, 5.74) is 2.51. The first kappa shape index (κ1) is 14.8. The molecule has 0 spiro atoms. The quantitative estimate of drug-likeness (QED) is 0.605. The molecule has 102 valence electrons. The summed E-state index contributed by atoms with van der Waals surface area (Å²) in [5, 5.41) is 3.64. The minimum atomic E-state index is -0.0618. The number of carbonyl (C=O) groups is 1. The van der Waals surface area contributed by atoms with Crippen LogP contribution in [0.1, 0.15) is 15.9 Å². The number of carbonyl (C=O) groups excluding carboxylic acids is 1. The lowest BCUT2D eigenvalue weighted by atomic mass is 10.1. The number of aryl methyl sites for hydroxylation is 1. The van der Waals surface area contributed by atoms with Crippen LogP contribution in [0, 0.1) is 6.92 Å². The molecule has 0 unspecified atom stereocenters. The minimum Gasteiger partial charge on any atom is -0.360 e. The molecule has 1 N–H and O–H groups in total. The van der Waals surface area contributed by atoms with Crippen molar-refractivity contribution in [3.8, 4) is 0 Å². The Morgan fingerprint density at radius 3 is 2.55 bits per heavy atom. The first-order valence-corrected chi connectivity index (χ1v) is 7.22. The third-order valence-electron chi connectivity index (χ3n) is 2.73. The number of benzene rings is 2. The highest BCUT2D eigenvalue weighted by atomic mass is 79.9. The summed E-state index contributed by atoms with van der Waals surface area (Å²) in [5.74, 6) is -0.0618. The molecule has 0 saturated heterocycles. The van der Waals surface area contributed by atoms with Crippen molar-refractivity contribution >= 4 is 39.0 Å². The SMILES string of the molecule is Cc1ccc(NC=CC(=O)c2ccc(Br)cc2)c(Cl)c1. The maximum atomic E-state index is 11.9. The molecule has 0 aliphatic rings. The van der Waals surface area contributed by atoms with Gasteiger partial charge in [0.25, 0.3) is 0 Å². The molecule has 2 nitrogen and oxygen atoms in total. The molecular weight excluding hydrogens is 338 g/mol. The van der Waals surface area contributed by atoms with Crippen LogP contribution in [0.3, 0.4) is 0 Å². The number of hydrogen-bond acceptors (Lipinski definition) is 2. The molecule has 0 fully saturated rings. The lowest BCUT2D eigenvalue weighted by molar-refractivity contribution is 0.104. The highest BCUT2D eigenvalue weighted by Gasteiger charge is 2.01. The van der Waals surface area contributed by atoms with Gasteiger partial charge in [-0.2, -0.15) is 0 Å². The molecular formula is C16H13BrClNO. The van der Waals surface area contributed by atoms with Crippen molar-refractivity contribution in [1.82, 2.24) is 0 Å². The maximum absolute atomic E-state index is 11.9. The summed E-state index contributed by atoms with van der Waals surface area (Å²) in [6, 6.07) is 12.9. The Morgan fingerprint density at radius 2 is 1.90 bits per heavy atom. The smallest absolute Gasteiger partial charge is 0.187 e. The zero-order chi connectivity index (χ0) is 14.5. The van der Waals surface area contributed by atoms with E-state index < -0.39 is 0 Å². The van der Waals surface area contributed by atoms with Gasteiger partial charge in [-0.15, -0.1) is 0 Å². The van der Waals surface area contributed by atoms with E-state index in [1.807, 2.05) is 37.3 Å². The van der Waals surface area contributed by atoms with Gasteiger partial charge in [0.2, 0.25) is 0 Å². The van der Waals surface area contributed by atoms with Gasteiger partial charge in [0.05, 0.1) is 10.7 Å². The molecule has 0 aliphatic heterocycles. The Kier molecular flexibility index (Phi) is 4.99. The molecule has 0 radical (unpaired) electrons. The van der Waals surface area contributed by atoms with Gasteiger partial charge in [-0.1, -0.05) is 33.6 Å². The fourth-order valence-corrected chi connectivity index (χ4v) is 2.21. The summed E-state index contributed by atoms with van der Waals surface area (Å²) in [6.45, 7) is 1.97. The van der Waals surface area contributed by atoms with Gasteiger partial charge in [-0.3, -0.25) is 4.79 Å². The van der Waals surface area contributed by atoms with E-state index in [4.69, 9.17) is 11.6 Å². The fraction of sp³-hybridized carbons (Fsp3) is 0.0625. The molecule has 0 atom stereocenters. The monoisotopic (exact) mass is 349 g/mol. The highest BCUT2D eigenvalue weighted by molar-refractivity contribution is 9.10. The largest absolute Gasteiger partial charge is 0.360 e. The number of rotatable bonds is 4. The van der Waals surface area contributed by atoms with Crippen LogP contribution in [0.25, 0.3) is 0 Å². The minimum absolute atomic E-state index is 0.0618. The number of ketones is 1. The van der Waals surface area contributed by atoms with Crippen molar-refractivity contribution in [2.45, 2.75) is 6.92 Å². The Morgan fingerprint density at radius 1 is 1.20 bits per heavy atom. The second-order valence-electron chi connectivity index (χ2n) is 4.33. The van der Waals surface area contributed by atoms with Gasteiger partial charge in [0, 0.05) is 22.3 Å². The van der Waals surface area contributed by atoms with Gasteiger partial charge >= 0.3 is 0 Å². The number of allylic oxidation sites excluding steroid dienone is 1. The van der Waals surface area contributed by atoms with Crippen LogP contribution in [0.2, 0.25) is 5.02 Å². The molecule has 0 bridgehead atoms. The molecule has 20 heavy (non-hydrogen) atoms. The molecule has 2 rings (SSSR count). The third kappa shape index (κ3) is 3.95. The average molecular weight is 351 g/mol. The molecule has 0 saturated carbocycles. The predicted octanol–water partition coefficient (Wildman–Crippen LogP) is 5.22. The maximum Gasteiger partial charge on any atom is 0.187 e. The molecule has 0 aromatic heterocycles. The molecule has 0 heterocycles. The summed E-state index contributed by atoms with van der Waals surface area (Å²) in [4.78, 5) is 11.9. The van der Waals surface area contributed by atoms with E-state index in [0.29, 0.717) is 10.6 Å². The summed E-state index contributed by atoms with van der Waals surface area (Å²) >= 11 is 9.43. The third-order valence-corrected chi connectivity index (χ3v) is 3.57. The molecule has 2 aromatic carbocycles. The van der Waals surface area contributed by atoms with E-state index in [0.717, 1.165) is 15.7 Å². The van der Waals surface area contributed by atoms with Gasteiger partial charge < -0.3 is 5.32 Å². The van der Waals surface area contributed by atoms with E-state index >= 15 is 0 Å². The van der Waals surface area contributed by atoms with Crippen LogP contribution in [-0.2, 0) is 0 Å². The van der Waals surface area contributed by atoms with E-state index in [1.165, 1.54) is 6.08 Å². The highest BCUT2D eigenvalue weighted by Crippen LogP contribution is 2.22. The topological polar surface area (TPSA) is 29.1 Å².